The Balaban J connectivity index is 2.20. The van der Waals surface area contributed by atoms with E-state index in [9.17, 15) is 9.59 Å². The van der Waals surface area contributed by atoms with E-state index in [-0.39, 0.29) is 12.0 Å². The summed E-state index contributed by atoms with van der Waals surface area (Å²) in [6, 6.07) is 9.48. The predicted octanol–water partition coefficient (Wildman–Crippen LogP) is 1.43. The number of amides is 2. The fraction of sp³-hybridized carbons (Fsp3) is 0.467. The summed E-state index contributed by atoms with van der Waals surface area (Å²) < 4.78 is 4.74. The summed E-state index contributed by atoms with van der Waals surface area (Å²) in [6.45, 7) is 2.77. The lowest BCUT2D eigenvalue weighted by molar-refractivity contribution is -0.125. The molecule has 2 amide bonds. The van der Waals surface area contributed by atoms with E-state index in [2.05, 4.69) is 5.32 Å². The van der Waals surface area contributed by atoms with Crippen molar-refractivity contribution in [2.24, 2.45) is 11.7 Å². The van der Waals surface area contributed by atoms with Crippen molar-refractivity contribution in [1.29, 1.82) is 0 Å². The lowest BCUT2D eigenvalue weighted by atomic mass is 9.78. The SMILES string of the molecule is COC(=O)N1CCC(Nc2ccccc2)(C(N)=O)C(C)C1. The van der Waals surface area contributed by atoms with Crippen molar-refractivity contribution >= 4 is 17.7 Å². The van der Waals surface area contributed by atoms with Crippen LogP contribution in [0.1, 0.15) is 13.3 Å². The minimum atomic E-state index is -0.855. The number of likely N-dealkylation sites (tertiary alicyclic amines) is 1. The van der Waals surface area contributed by atoms with Crippen molar-refractivity contribution in [3.05, 3.63) is 30.3 Å². The quantitative estimate of drug-likeness (QED) is 0.882. The summed E-state index contributed by atoms with van der Waals surface area (Å²) in [5.74, 6) is -0.522. The Bertz CT molecular complexity index is 520. The summed E-state index contributed by atoms with van der Waals surface area (Å²) >= 11 is 0. The van der Waals surface area contributed by atoms with Crippen molar-refractivity contribution in [2.75, 3.05) is 25.5 Å². The number of methoxy groups -OCH3 is 1. The highest BCUT2D eigenvalue weighted by atomic mass is 16.5. The molecule has 2 atom stereocenters. The molecule has 0 spiro atoms. The Morgan fingerprint density at radius 3 is 2.57 bits per heavy atom. The maximum atomic E-state index is 12.1. The Kier molecular flexibility index (Phi) is 4.35. The number of carbonyl (C=O) groups excluding carboxylic acids is 2. The lowest BCUT2D eigenvalue weighted by Gasteiger charge is -2.45. The fourth-order valence-corrected chi connectivity index (χ4v) is 2.82. The molecule has 6 nitrogen and oxygen atoms in total. The van der Waals surface area contributed by atoms with Crippen molar-refractivity contribution in [3.63, 3.8) is 0 Å². The number of hydrogen-bond donors (Lipinski definition) is 2. The third-order valence-electron chi connectivity index (χ3n) is 4.13. The first-order valence-corrected chi connectivity index (χ1v) is 6.95. The standard InChI is InChI=1S/C15H21N3O3/c1-11-10-18(14(20)21-2)9-8-15(11,13(16)19)17-12-6-4-3-5-7-12/h3-7,11,17H,8-10H2,1-2H3,(H2,16,19). The van der Waals surface area contributed by atoms with Crippen LogP contribution in [0, 0.1) is 5.92 Å². The molecule has 1 saturated heterocycles. The molecule has 0 radical (unpaired) electrons. The number of rotatable bonds is 3. The van der Waals surface area contributed by atoms with Gasteiger partial charge in [0.05, 0.1) is 7.11 Å². The molecule has 2 unspecified atom stereocenters. The summed E-state index contributed by atoms with van der Waals surface area (Å²) in [5, 5.41) is 3.27. The van der Waals surface area contributed by atoms with E-state index >= 15 is 0 Å². The Labute approximate surface area is 124 Å². The summed E-state index contributed by atoms with van der Waals surface area (Å²) in [7, 11) is 1.35. The van der Waals surface area contributed by atoms with Crippen molar-refractivity contribution in [2.45, 2.75) is 18.9 Å². The number of primary amides is 1. The molecular weight excluding hydrogens is 270 g/mol. The number of ether oxygens (including phenoxy) is 1. The van der Waals surface area contributed by atoms with Crippen molar-refractivity contribution in [3.8, 4) is 0 Å². The molecule has 0 saturated carbocycles. The molecule has 1 aliphatic rings. The van der Waals surface area contributed by atoms with Gasteiger partial charge in [0.15, 0.2) is 0 Å². The van der Waals surface area contributed by atoms with Gasteiger partial charge >= 0.3 is 6.09 Å². The number of benzene rings is 1. The van der Waals surface area contributed by atoms with Crippen LogP contribution >= 0.6 is 0 Å². The van der Waals surface area contributed by atoms with E-state index in [1.54, 1.807) is 4.90 Å². The molecule has 2 rings (SSSR count). The second-order valence-corrected chi connectivity index (χ2v) is 5.39. The average Bonchev–Trinajstić information content (AvgIpc) is 2.49. The molecule has 1 aromatic rings. The Morgan fingerprint density at radius 2 is 2.05 bits per heavy atom. The molecule has 1 fully saturated rings. The maximum absolute atomic E-state index is 12.1. The zero-order valence-electron chi connectivity index (χ0n) is 12.3. The van der Waals surface area contributed by atoms with Gasteiger partial charge in [-0.3, -0.25) is 4.79 Å². The van der Waals surface area contributed by atoms with Crippen LogP contribution in [0.2, 0.25) is 0 Å². The van der Waals surface area contributed by atoms with E-state index < -0.39 is 11.4 Å². The fourth-order valence-electron chi connectivity index (χ4n) is 2.82. The van der Waals surface area contributed by atoms with Crippen LogP contribution in [-0.2, 0) is 9.53 Å². The van der Waals surface area contributed by atoms with Crippen LogP contribution in [0.25, 0.3) is 0 Å². The highest BCUT2D eigenvalue weighted by Gasteiger charge is 2.46. The van der Waals surface area contributed by atoms with Crippen molar-refractivity contribution < 1.29 is 14.3 Å². The van der Waals surface area contributed by atoms with Gasteiger partial charge in [-0.15, -0.1) is 0 Å². The van der Waals surface area contributed by atoms with E-state index in [4.69, 9.17) is 10.5 Å². The largest absolute Gasteiger partial charge is 0.453 e. The molecule has 0 bridgehead atoms. The van der Waals surface area contributed by atoms with E-state index in [1.807, 2.05) is 37.3 Å². The van der Waals surface area contributed by atoms with Crippen LogP contribution in [0.5, 0.6) is 0 Å². The molecule has 0 aliphatic carbocycles. The maximum Gasteiger partial charge on any atom is 0.409 e. The van der Waals surface area contributed by atoms with Gasteiger partial charge in [-0.05, 0) is 18.6 Å². The minimum Gasteiger partial charge on any atom is -0.453 e. The van der Waals surface area contributed by atoms with Crippen LogP contribution < -0.4 is 11.1 Å². The normalized spacial score (nSPS) is 25.2. The van der Waals surface area contributed by atoms with E-state index in [0.29, 0.717) is 19.5 Å². The smallest absolute Gasteiger partial charge is 0.409 e. The number of para-hydroxylation sites is 1. The van der Waals surface area contributed by atoms with Crippen molar-refractivity contribution in [1.82, 2.24) is 4.90 Å². The third kappa shape index (κ3) is 2.94. The molecular formula is C15H21N3O3. The summed E-state index contributed by atoms with van der Waals surface area (Å²) in [6.07, 6.45) is 0.0765. The lowest BCUT2D eigenvalue weighted by Crippen LogP contribution is -2.62. The van der Waals surface area contributed by atoms with E-state index in [1.165, 1.54) is 7.11 Å². The molecule has 1 heterocycles. The number of carbonyl (C=O) groups is 2. The molecule has 1 aromatic carbocycles. The minimum absolute atomic E-state index is 0.122. The first kappa shape index (κ1) is 15.2. The summed E-state index contributed by atoms with van der Waals surface area (Å²) in [4.78, 5) is 25.3. The number of anilines is 1. The number of nitrogens with two attached hydrogens (primary N) is 1. The monoisotopic (exact) mass is 291 g/mol. The summed E-state index contributed by atoms with van der Waals surface area (Å²) in [5.41, 5.74) is 5.65. The van der Waals surface area contributed by atoms with Gasteiger partial charge in [0.1, 0.15) is 5.54 Å². The molecule has 1 aliphatic heterocycles. The highest BCUT2D eigenvalue weighted by molar-refractivity contribution is 5.89. The molecule has 3 N–H and O–H groups in total. The highest BCUT2D eigenvalue weighted by Crippen LogP contribution is 2.32. The first-order valence-electron chi connectivity index (χ1n) is 6.95. The first-order chi connectivity index (χ1) is 9.99. The Morgan fingerprint density at radius 1 is 1.38 bits per heavy atom. The second kappa shape index (κ2) is 6.03. The zero-order valence-corrected chi connectivity index (χ0v) is 12.3. The molecule has 114 valence electrons. The number of nitrogens with one attached hydrogen (secondary N) is 1. The molecule has 21 heavy (non-hydrogen) atoms. The van der Waals surface area contributed by atoms with Gasteiger partial charge in [0, 0.05) is 24.7 Å². The van der Waals surface area contributed by atoms with E-state index in [0.717, 1.165) is 5.69 Å². The van der Waals surface area contributed by atoms with Gasteiger partial charge < -0.3 is 20.7 Å². The van der Waals surface area contributed by atoms with Gasteiger partial charge in [0.2, 0.25) is 5.91 Å². The second-order valence-electron chi connectivity index (χ2n) is 5.39. The predicted molar refractivity (Wildman–Crippen MR) is 79.7 cm³/mol. The Hall–Kier alpha value is -2.24. The average molecular weight is 291 g/mol. The number of piperidine rings is 1. The van der Waals surface area contributed by atoms with Gasteiger partial charge in [0.25, 0.3) is 0 Å². The van der Waals surface area contributed by atoms with Crippen LogP contribution in [0.3, 0.4) is 0 Å². The third-order valence-corrected chi connectivity index (χ3v) is 4.13. The number of nitrogens with zero attached hydrogens (tertiary/aromatic N) is 1. The number of hydrogen-bond acceptors (Lipinski definition) is 4. The topological polar surface area (TPSA) is 84.7 Å². The van der Waals surface area contributed by atoms with Gasteiger partial charge in [-0.2, -0.15) is 0 Å². The zero-order chi connectivity index (χ0) is 15.5. The van der Waals surface area contributed by atoms with Gasteiger partial charge in [-0.25, -0.2) is 4.79 Å². The van der Waals surface area contributed by atoms with Crippen LogP contribution in [0.15, 0.2) is 30.3 Å². The molecule has 0 aromatic heterocycles. The van der Waals surface area contributed by atoms with Crippen LogP contribution in [0.4, 0.5) is 10.5 Å². The molecule has 6 heteroatoms. The van der Waals surface area contributed by atoms with Gasteiger partial charge in [-0.1, -0.05) is 25.1 Å². The van der Waals surface area contributed by atoms with Crippen LogP contribution in [-0.4, -0.2) is 42.6 Å².